The molecule has 30 heavy (non-hydrogen) atoms. The van der Waals surface area contributed by atoms with Gasteiger partial charge in [-0.25, -0.2) is 14.6 Å². The highest BCUT2D eigenvalue weighted by molar-refractivity contribution is 6.34. The maximum atomic E-state index is 12.5. The number of nitrogens with zero attached hydrogens (tertiary/aromatic N) is 1. The van der Waals surface area contributed by atoms with Crippen LogP contribution in [0.25, 0.3) is 6.08 Å². The van der Waals surface area contributed by atoms with Crippen LogP contribution in [-0.2, 0) is 9.53 Å². The molecule has 4 rings (SSSR count). The third-order valence-corrected chi connectivity index (χ3v) is 4.76. The van der Waals surface area contributed by atoms with Gasteiger partial charge in [0.05, 0.1) is 16.1 Å². The van der Waals surface area contributed by atoms with E-state index in [4.69, 9.17) is 21.1 Å². The number of hydrogen-bond donors (Lipinski definition) is 0. The molecule has 0 N–H and O–H groups in total. The van der Waals surface area contributed by atoms with Gasteiger partial charge in [-0.2, -0.15) is 0 Å². The fourth-order valence-corrected chi connectivity index (χ4v) is 3.06. The summed E-state index contributed by atoms with van der Waals surface area (Å²) in [6.45, 7) is 1.94. The van der Waals surface area contributed by atoms with Crippen molar-refractivity contribution in [2.45, 2.75) is 6.92 Å². The van der Waals surface area contributed by atoms with E-state index in [1.165, 1.54) is 6.08 Å². The lowest BCUT2D eigenvalue weighted by Crippen LogP contribution is -2.09. The van der Waals surface area contributed by atoms with Crippen LogP contribution in [-0.4, -0.2) is 17.8 Å². The van der Waals surface area contributed by atoms with Gasteiger partial charge in [0.2, 0.25) is 5.90 Å². The zero-order valence-electron chi connectivity index (χ0n) is 16.0. The summed E-state index contributed by atoms with van der Waals surface area (Å²) in [6, 6.07) is 20.9. The Morgan fingerprint density at radius 3 is 2.47 bits per heavy atom. The molecule has 1 aliphatic heterocycles. The summed E-state index contributed by atoms with van der Waals surface area (Å²) in [6.07, 6.45) is 1.52. The van der Waals surface area contributed by atoms with Gasteiger partial charge >= 0.3 is 11.9 Å². The monoisotopic (exact) mass is 417 g/mol. The van der Waals surface area contributed by atoms with E-state index in [1.807, 2.05) is 19.1 Å². The Kier molecular flexibility index (Phi) is 5.46. The molecule has 0 saturated heterocycles. The van der Waals surface area contributed by atoms with E-state index < -0.39 is 11.9 Å². The van der Waals surface area contributed by atoms with Gasteiger partial charge in [0.1, 0.15) is 5.75 Å². The van der Waals surface area contributed by atoms with Crippen LogP contribution < -0.4 is 4.74 Å². The normalized spacial score (nSPS) is 14.4. The van der Waals surface area contributed by atoms with E-state index in [1.54, 1.807) is 60.7 Å². The number of para-hydroxylation sites is 1. The van der Waals surface area contributed by atoms with Crippen LogP contribution in [0.5, 0.6) is 5.75 Å². The van der Waals surface area contributed by atoms with Crippen molar-refractivity contribution < 1.29 is 19.1 Å². The smallest absolute Gasteiger partial charge is 0.363 e. The Morgan fingerprint density at radius 1 is 1.00 bits per heavy atom. The van der Waals surface area contributed by atoms with Crippen LogP contribution in [0, 0.1) is 6.92 Å². The van der Waals surface area contributed by atoms with Crippen molar-refractivity contribution in [3.05, 3.63) is 106 Å². The Balaban J connectivity index is 1.63. The van der Waals surface area contributed by atoms with Crippen molar-refractivity contribution in [1.29, 1.82) is 0 Å². The number of cyclic esters (lactones) is 1. The molecule has 1 aliphatic rings. The first-order valence-electron chi connectivity index (χ1n) is 9.16. The van der Waals surface area contributed by atoms with Crippen LogP contribution in [0.2, 0.25) is 5.02 Å². The fraction of sp³-hybridized carbons (Fsp3) is 0.0417. The quantitative estimate of drug-likeness (QED) is 0.332. The summed E-state index contributed by atoms with van der Waals surface area (Å²) >= 11 is 6.16. The van der Waals surface area contributed by atoms with E-state index >= 15 is 0 Å². The Morgan fingerprint density at radius 2 is 1.70 bits per heavy atom. The molecule has 0 spiro atoms. The van der Waals surface area contributed by atoms with Crippen molar-refractivity contribution in [3.63, 3.8) is 0 Å². The predicted octanol–water partition coefficient (Wildman–Crippen LogP) is 5.21. The molecule has 0 aliphatic carbocycles. The molecule has 3 aromatic rings. The molecule has 0 unspecified atom stereocenters. The summed E-state index contributed by atoms with van der Waals surface area (Å²) in [7, 11) is 0. The number of hydrogen-bond acceptors (Lipinski definition) is 5. The van der Waals surface area contributed by atoms with Crippen molar-refractivity contribution in [2.75, 3.05) is 0 Å². The lowest BCUT2D eigenvalue weighted by Gasteiger charge is -2.07. The average Bonchev–Trinajstić information content (AvgIpc) is 3.10. The molecule has 0 radical (unpaired) electrons. The maximum Gasteiger partial charge on any atom is 0.363 e. The lowest BCUT2D eigenvalue weighted by molar-refractivity contribution is -0.129. The van der Waals surface area contributed by atoms with E-state index in [-0.39, 0.29) is 11.6 Å². The number of rotatable bonds is 4. The summed E-state index contributed by atoms with van der Waals surface area (Å²) in [5.41, 5.74) is 2.61. The second-order valence-electron chi connectivity index (χ2n) is 6.61. The van der Waals surface area contributed by atoms with Gasteiger partial charge in [0.25, 0.3) is 0 Å². The van der Waals surface area contributed by atoms with Crippen molar-refractivity contribution >= 4 is 35.5 Å². The minimum atomic E-state index is -0.607. The van der Waals surface area contributed by atoms with Crippen LogP contribution in [0.4, 0.5) is 0 Å². The summed E-state index contributed by atoms with van der Waals surface area (Å²) < 4.78 is 10.8. The largest absolute Gasteiger partial charge is 0.422 e. The number of benzene rings is 3. The molecule has 0 aromatic heterocycles. The Bertz CT molecular complexity index is 1200. The predicted molar refractivity (Wildman–Crippen MR) is 115 cm³/mol. The molecule has 6 heteroatoms. The summed E-state index contributed by atoms with van der Waals surface area (Å²) in [4.78, 5) is 29.0. The first kappa shape index (κ1) is 19.6. The van der Waals surface area contributed by atoms with E-state index in [2.05, 4.69) is 4.99 Å². The highest BCUT2D eigenvalue weighted by Gasteiger charge is 2.26. The number of carbonyl (C=O) groups is 2. The molecule has 0 atom stereocenters. The van der Waals surface area contributed by atoms with Crippen LogP contribution in [0.3, 0.4) is 0 Å². The molecule has 1 heterocycles. The van der Waals surface area contributed by atoms with Crippen molar-refractivity contribution in [1.82, 2.24) is 0 Å². The lowest BCUT2D eigenvalue weighted by atomic mass is 10.1. The van der Waals surface area contributed by atoms with Crippen molar-refractivity contribution in [2.24, 2.45) is 4.99 Å². The standard InChI is InChI=1S/C24H16ClNO4/c1-15-10-12-16(13-11-15)23(27)29-21-9-5-2-6-17(21)14-20-24(28)30-22(26-20)18-7-3-4-8-19(18)25/h2-14H,1H3/b20-14-. The minimum Gasteiger partial charge on any atom is -0.422 e. The molecular weight excluding hydrogens is 402 g/mol. The molecule has 3 aromatic carbocycles. The SMILES string of the molecule is Cc1ccc(C(=O)Oc2ccccc2/C=C2\N=C(c3ccccc3Cl)OC2=O)cc1. The second-order valence-corrected chi connectivity index (χ2v) is 7.02. The highest BCUT2D eigenvalue weighted by Crippen LogP contribution is 2.27. The van der Waals surface area contributed by atoms with Gasteiger partial charge in [-0.05, 0) is 43.3 Å². The highest BCUT2D eigenvalue weighted by atomic mass is 35.5. The fourth-order valence-electron chi connectivity index (χ4n) is 2.85. The molecule has 5 nitrogen and oxygen atoms in total. The minimum absolute atomic E-state index is 0.0868. The Hall–Kier alpha value is -3.70. The molecule has 0 amide bonds. The molecular formula is C24H16ClNO4. The van der Waals surface area contributed by atoms with E-state index in [0.717, 1.165) is 5.56 Å². The topological polar surface area (TPSA) is 65.0 Å². The number of halogens is 1. The maximum absolute atomic E-state index is 12.5. The van der Waals surface area contributed by atoms with Gasteiger partial charge in [-0.15, -0.1) is 0 Å². The van der Waals surface area contributed by atoms with Gasteiger partial charge in [0.15, 0.2) is 5.70 Å². The summed E-state index contributed by atoms with van der Waals surface area (Å²) in [5.74, 6) is -0.657. The molecule has 0 saturated carbocycles. The number of ether oxygens (including phenoxy) is 2. The van der Waals surface area contributed by atoms with E-state index in [9.17, 15) is 9.59 Å². The van der Waals surface area contributed by atoms with Gasteiger partial charge < -0.3 is 9.47 Å². The number of aryl methyl sites for hydroxylation is 1. The second kappa shape index (κ2) is 8.35. The first-order chi connectivity index (χ1) is 14.5. The number of carbonyl (C=O) groups excluding carboxylic acids is 2. The van der Waals surface area contributed by atoms with Crippen molar-refractivity contribution in [3.8, 4) is 5.75 Å². The average molecular weight is 418 g/mol. The zero-order chi connectivity index (χ0) is 21.1. The molecule has 148 valence electrons. The van der Waals surface area contributed by atoms with Crippen LogP contribution in [0.1, 0.15) is 27.0 Å². The third kappa shape index (κ3) is 4.16. The van der Waals surface area contributed by atoms with E-state index in [0.29, 0.717) is 27.5 Å². The number of aliphatic imine (C=N–C) groups is 1. The number of esters is 2. The van der Waals surface area contributed by atoms with Crippen LogP contribution in [0.15, 0.2) is 83.5 Å². The van der Waals surface area contributed by atoms with Gasteiger partial charge in [-0.1, -0.05) is 59.6 Å². The van der Waals surface area contributed by atoms with Crippen LogP contribution >= 0.6 is 11.6 Å². The summed E-state index contributed by atoms with van der Waals surface area (Å²) in [5, 5.41) is 0.428. The van der Waals surface area contributed by atoms with Gasteiger partial charge in [-0.3, -0.25) is 0 Å². The van der Waals surface area contributed by atoms with Gasteiger partial charge in [0, 0.05) is 5.56 Å². The first-order valence-corrected chi connectivity index (χ1v) is 9.54. The Labute approximate surface area is 178 Å². The molecule has 0 bridgehead atoms. The zero-order valence-corrected chi connectivity index (χ0v) is 16.7. The third-order valence-electron chi connectivity index (χ3n) is 4.43. The molecule has 0 fully saturated rings.